The van der Waals surface area contributed by atoms with Gasteiger partial charge in [0.1, 0.15) is 0 Å². The number of thiophene rings is 1. The molecule has 1 unspecified atom stereocenters. The molecular weight excluding hydrogens is 409 g/mol. The van der Waals surface area contributed by atoms with Crippen molar-refractivity contribution in [3.05, 3.63) is 53.6 Å². The molecule has 0 spiro atoms. The molecule has 0 aliphatic rings. The van der Waals surface area contributed by atoms with Crippen LogP contribution in [0.1, 0.15) is 28.3 Å². The molecule has 0 amide bonds. The molecule has 1 aromatic heterocycles. The van der Waals surface area contributed by atoms with E-state index in [4.69, 9.17) is 11.6 Å². The highest BCUT2D eigenvalue weighted by molar-refractivity contribution is 9.10. The van der Waals surface area contributed by atoms with E-state index in [2.05, 4.69) is 69.2 Å². The van der Waals surface area contributed by atoms with Crippen LogP contribution < -0.4 is 5.32 Å². The molecule has 0 bridgehead atoms. The van der Waals surface area contributed by atoms with Gasteiger partial charge in [0.2, 0.25) is 0 Å². The van der Waals surface area contributed by atoms with Gasteiger partial charge in [0.05, 0.1) is 11.1 Å². The SMILES string of the molecule is CCNC(c1ccc(Cl)c(Br)c1)c1cc(Br)c(C)s1. The first-order chi connectivity index (χ1) is 9.02. The van der Waals surface area contributed by atoms with Crippen molar-refractivity contribution >= 4 is 54.8 Å². The standard InChI is InChI=1S/C14H14Br2ClNS/c1-3-18-14(13-7-10(15)8(2)19-13)9-4-5-12(17)11(16)6-9/h4-7,14,18H,3H2,1-2H3. The molecule has 19 heavy (non-hydrogen) atoms. The van der Waals surface area contributed by atoms with Gasteiger partial charge in [0.25, 0.3) is 0 Å². The maximum absolute atomic E-state index is 6.07. The van der Waals surface area contributed by atoms with Crippen molar-refractivity contribution in [2.24, 2.45) is 0 Å². The van der Waals surface area contributed by atoms with Crippen molar-refractivity contribution in [1.29, 1.82) is 0 Å². The highest BCUT2D eigenvalue weighted by Gasteiger charge is 2.17. The Hall–Kier alpha value is 0.130. The Balaban J connectivity index is 2.41. The lowest BCUT2D eigenvalue weighted by Crippen LogP contribution is -2.21. The van der Waals surface area contributed by atoms with Gasteiger partial charge in [-0.1, -0.05) is 24.6 Å². The molecule has 102 valence electrons. The smallest absolute Gasteiger partial charge is 0.0671 e. The largest absolute Gasteiger partial charge is 0.306 e. The van der Waals surface area contributed by atoms with Crippen molar-refractivity contribution in [3.8, 4) is 0 Å². The van der Waals surface area contributed by atoms with E-state index in [-0.39, 0.29) is 6.04 Å². The molecule has 1 N–H and O–H groups in total. The van der Waals surface area contributed by atoms with Gasteiger partial charge in [-0.2, -0.15) is 0 Å². The fraction of sp³-hybridized carbons (Fsp3) is 0.286. The minimum Gasteiger partial charge on any atom is -0.306 e. The molecule has 0 fully saturated rings. The Morgan fingerprint density at radius 2 is 2.00 bits per heavy atom. The normalized spacial score (nSPS) is 12.7. The zero-order valence-corrected chi connectivity index (χ0v) is 15.4. The van der Waals surface area contributed by atoms with E-state index in [1.54, 1.807) is 0 Å². The van der Waals surface area contributed by atoms with Crippen molar-refractivity contribution < 1.29 is 0 Å². The van der Waals surface area contributed by atoms with E-state index in [0.29, 0.717) is 0 Å². The van der Waals surface area contributed by atoms with Crippen molar-refractivity contribution in [2.45, 2.75) is 19.9 Å². The van der Waals surface area contributed by atoms with Crippen LogP contribution in [-0.2, 0) is 0 Å². The maximum atomic E-state index is 6.07. The Morgan fingerprint density at radius 3 is 2.53 bits per heavy atom. The summed E-state index contributed by atoms with van der Waals surface area (Å²) in [4.78, 5) is 2.60. The molecule has 1 nitrogen and oxygen atoms in total. The lowest BCUT2D eigenvalue weighted by Gasteiger charge is -2.17. The second-order valence-electron chi connectivity index (χ2n) is 4.22. The summed E-state index contributed by atoms with van der Waals surface area (Å²) < 4.78 is 2.10. The summed E-state index contributed by atoms with van der Waals surface area (Å²) in [6, 6.07) is 8.48. The first kappa shape index (κ1) is 15.5. The van der Waals surface area contributed by atoms with Crippen LogP contribution in [0.2, 0.25) is 5.02 Å². The van der Waals surface area contributed by atoms with E-state index >= 15 is 0 Å². The molecule has 1 aromatic carbocycles. The molecule has 1 heterocycles. The third-order valence-corrected chi connectivity index (χ3v) is 6.26. The minimum atomic E-state index is 0.202. The second-order valence-corrected chi connectivity index (χ2v) is 7.62. The molecule has 0 saturated carbocycles. The highest BCUT2D eigenvalue weighted by Crippen LogP contribution is 2.35. The van der Waals surface area contributed by atoms with Gasteiger partial charge in [-0.25, -0.2) is 0 Å². The monoisotopic (exact) mass is 421 g/mol. The van der Waals surface area contributed by atoms with Crippen LogP contribution in [0.25, 0.3) is 0 Å². The Morgan fingerprint density at radius 1 is 1.26 bits per heavy atom. The Kier molecular flexibility index (Phi) is 5.49. The summed E-state index contributed by atoms with van der Waals surface area (Å²) in [7, 11) is 0. The van der Waals surface area contributed by atoms with Crippen LogP contribution in [0.15, 0.2) is 33.2 Å². The quantitative estimate of drug-likeness (QED) is 0.642. The molecule has 0 aliphatic heterocycles. The van der Waals surface area contributed by atoms with Gasteiger partial charge in [-0.05, 0) is 69.1 Å². The summed E-state index contributed by atoms with van der Waals surface area (Å²) in [6.45, 7) is 5.16. The van der Waals surface area contributed by atoms with E-state index in [1.807, 2.05) is 17.4 Å². The summed E-state index contributed by atoms with van der Waals surface area (Å²) in [6.07, 6.45) is 0. The summed E-state index contributed by atoms with van der Waals surface area (Å²) in [5.74, 6) is 0. The minimum absolute atomic E-state index is 0.202. The fourth-order valence-electron chi connectivity index (χ4n) is 1.90. The molecule has 1 atom stereocenters. The lowest BCUT2D eigenvalue weighted by molar-refractivity contribution is 0.639. The lowest BCUT2D eigenvalue weighted by atomic mass is 10.1. The van der Waals surface area contributed by atoms with Gasteiger partial charge in [0.15, 0.2) is 0 Å². The Bertz CT molecular complexity index is 563. The van der Waals surface area contributed by atoms with Gasteiger partial charge in [-0.15, -0.1) is 11.3 Å². The van der Waals surface area contributed by atoms with Crippen molar-refractivity contribution in [3.63, 3.8) is 0 Å². The first-order valence-electron chi connectivity index (χ1n) is 5.97. The third-order valence-electron chi connectivity index (χ3n) is 2.85. The van der Waals surface area contributed by atoms with Crippen LogP contribution in [0, 0.1) is 6.92 Å². The van der Waals surface area contributed by atoms with Crippen molar-refractivity contribution in [1.82, 2.24) is 5.32 Å². The molecular formula is C14H14Br2ClNS. The average molecular weight is 424 g/mol. The number of benzene rings is 1. The maximum Gasteiger partial charge on any atom is 0.0671 e. The summed E-state index contributed by atoms with van der Waals surface area (Å²) >= 11 is 15.0. The number of hydrogen-bond donors (Lipinski definition) is 1. The van der Waals surface area contributed by atoms with Gasteiger partial charge >= 0.3 is 0 Å². The summed E-state index contributed by atoms with van der Waals surface area (Å²) in [5.41, 5.74) is 1.21. The number of nitrogens with one attached hydrogen (secondary N) is 1. The molecule has 0 saturated heterocycles. The zero-order valence-electron chi connectivity index (χ0n) is 10.6. The molecule has 2 aromatic rings. The predicted molar refractivity (Wildman–Crippen MR) is 91.4 cm³/mol. The fourth-order valence-corrected chi connectivity index (χ4v) is 4.08. The molecule has 2 rings (SSSR count). The van der Waals surface area contributed by atoms with E-state index in [0.717, 1.165) is 16.0 Å². The van der Waals surface area contributed by atoms with E-state index < -0.39 is 0 Å². The van der Waals surface area contributed by atoms with Crippen LogP contribution in [0.3, 0.4) is 0 Å². The van der Waals surface area contributed by atoms with Crippen molar-refractivity contribution in [2.75, 3.05) is 6.54 Å². The predicted octanol–water partition coefficient (Wildman–Crippen LogP) is 5.93. The van der Waals surface area contributed by atoms with E-state index in [1.165, 1.54) is 19.8 Å². The number of aryl methyl sites for hydroxylation is 1. The number of hydrogen-bond acceptors (Lipinski definition) is 2. The first-order valence-corrected chi connectivity index (χ1v) is 8.75. The average Bonchev–Trinajstić information content (AvgIpc) is 2.70. The summed E-state index contributed by atoms with van der Waals surface area (Å²) in [5, 5.41) is 4.27. The topological polar surface area (TPSA) is 12.0 Å². The number of rotatable bonds is 4. The zero-order chi connectivity index (χ0) is 14.0. The van der Waals surface area contributed by atoms with Crippen LogP contribution >= 0.6 is 54.8 Å². The Labute approximate surface area is 139 Å². The van der Waals surface area contributed by atoms with Crippen LogP contribution in [0.4, 0.5) is 0 Å². The molecule has 0 radical (unpaired) electrons. The third kappa shape index (κ3) is 3.61. The second kappa shape index (κ2) is 6.72. The highest BCUT2D eigenvalue weighted by atomic mass is 79.9. The van der Waals surface area contributed by atoms with Gasteiger partial charge in [-0.3, -0.25) is 0 Å². The molecule has 5 heteroatoms. The van der Waals surface area contributed by atoms with E-state index in [9.17, 15) is 0 Å². The van der Waals surface area contributed by atoms with Gasteiger partial charge in [0, 0.05) is 18.7 Å². The van der Waals surface area contributed by atoms with Crippen LogP contribution in [0.5, 0.6) is 0 Å². The van der Waals surface area contributed by atoms with Crippen LogP contribution in [-0.4, -0.2) is 6.54 Å². The number of halogens is 3. The molecule has 0 aliphatic carbocycles. The van der Waals surface area contributed by atoms with Gasteiger partial charge < -0.3 is 5.32 Å².